The van der Waals surface area contributed by atoms with Crippen LogP contribution in [0.15, 0.2) is 54.6 Å². The Hall–Kier alpha value is -3.44. The SMILES string of the molecule is CC[C@@](O)(c1cc(F)c2c(c1)C(=O)N(Cc1ccc(Cl)cc1OCC(=O)O)[C@@]2(OC)c1ccc(Cl)cc1)C1(F)CCOCC1.[NH3+]C(CO)(CO)CO. The molecule has 8 N–H and O–H groups in total. The summed E-state index contributed by atoms with van der Waals surface area (Å²) >= 11 is 12.3. The molecule has 1 saturated heterocycles. The summed E-state index contributed by atoms with van der Waals surface area (Å²) in [4.78, 5) is 26.8. The number of rotatable bonds is 13. The summed E-state index contributed by atoms with van der Waals surface area (Å²) in [6, 6.07) is 13.2. The molecule has 3 aromatic rings. The zero-order chi connectivity index (χ0) is 38.5. The number of nitrogens with zero attached hydrogens (tertiary/aromatic N) is 1. The molecule has 52 heavy (non-hydrogen) atoms. The van der Waals surface area contributed by atoms with Crippen LogP contribution in [0.2, 0.25) is 10.0 Å². The van der Waals surface area contributed by atoms with Crippen molar-refractivity contribution in [3.63, 3.8) is 0 Å². The van der Waals surface area contributed by atoms with E-state index in [1.807, 2.05) is 0 Å². The number of carboxylic acid groups (broad SMARTS) is 1. The average molecular weight is 773 g/mol. The third-order valence-electron chi connectivity index (χ3n) is 9.55. The smallest absolute Gasteiger partial charge is 0.341 e. The first kappa shape index (κ1) is 41.3. The van der Waals surface area contributed by atoms with Gasteiger partial charge in [-0.25, -0.2) is 13.6 Å². The van der Waals surface area contributed by atoms with E-state index < -0.39 is 46.8 Å². The van der Waals surface area contributed by atoms with E-state index in [2.05, 4.69) is 5.73 Å². The second-order valence-corrected chi connectivity index (χ2v) is 13.7. The van der Waals surface area contributed by atoms with Crippen molar-refractivity contribution in [2.45, 2.75) is 55.3 Å². The van der Waals surface area contributed by atoms with Crippen LogP contribution in [0.1, 0.15) is 58.8 Å². The minimum atomic E-state index is -2.11. The van der Waals surface area contributed by atoms with Crippen LogP contribution >= 0.6 is 23.2 Å². The van der Waals surface area contributed by atoms with Crippen molar-refractivity contribution in [2.75, 3.05) is 46.8 Å². The topological polar surface area (TPSA) is 194 Å². The molecule has 1 amide bonds. The number of carbonyl (C=O) groups is 2. The number of carboxylic acids is 1. The average Bonchev–Trinajstić information content (AvgIpc) is 3.39. The molecule has 16 heteroatoms. The van der Waals surface area contributed by atoms with Crippen LogP contribution in [0.3, 0.4) is 0 Å². The van der Waals surface area contributed by atoms with Crippen LogP contribution in [-0.4, -0.2) is 100 Å². The minimum Gasteiger partial charge on any atom is -0.482 e. The molecule has 5 rings (SSSR count). The molecular formula is C36H43Cl2F2N2O10+. The lowest BCUT2D eigenvalue weighted by atomic mass is 9.72. The number of fused-ring (bicyclic) bond motifs is 1. The van der Waals surface area contributed by atoms with Crippen LogP contribution in [0.4, 0.5) is 8.78 Å². The number of benzene rings is 3. The summed E-state index contributed by atoms with van der Waals surface area (Å²) < 4.78 is 49.7. The van der Waals surface area contributed by atoms with E-state index in [1.165, 1.54) is 24.1 Å². The number of methoxy groups -OCH3 is 1. The van der Waals surface area contributed by atoms with E-state index in [0.29, 0.717) is 16.1 Å². The Morgan fingerprint density at radius 1 is 1.02 bits per heavy atom. The molecule has 2 heterocycles. The van der Waals surface area contributed by atoms with Crippen LogP contribution in [-0.2, 0) is 32.1 Å². The summed E-state index contributed by atoms with van der Waals surface area (Å²) in [5.41, 5.74) is -3.24. The van der Waals surface area contributed by atoms with Gasteiger partial charge >= 0.3 is 5.97 Å². The highest BCUT2D eigenvalue weighted by Gasteiger charge is 2.57. The number of quaternary nitrogens is 1. The predicted octanol–water partition coefficient (Wildman–Crippen LogP) is 3.16. The lowest BCUT2D eigenvalue weighted by Gasteiger charge is -2.44. The minimum absolute atomic E-state index is 0.0751. The molecule has 284 valence electrons. The molecule has 2 aliphatic heterocycles. The lowest BCUT2D eigenvalue weighted by molar-refractivity contribution is -0.494. The monoisotopic (exact) mass is 771 g/mol. The van der Waals surface area contributed by atoms with E-state index in [-0.39, 0.29) is 86.3 Å². The van der Waals surface area contributed by atoms with Crippen molar-refractivity contribution in [1.82, 2.24) is 4.90 Å². The summed E-state index contributed by atoms with van der Waals surface area (Å²) in [6.07, 6.45) is -0.279. The van der Waals surface area contributed by atoms with Crippen LogP contribution in [0, 0.1) is 5.82 Å². The normalized spacial score (nSPS) is 19.4. The highest BCUT2D eigenvalue weighted by molar-refractivity contribution is 6.31. The fourth-order valence-electron chi connectivity index (χ4n) is 6.41. The molecule has 12 nitrogen and oxygen atoms in total. The Morgan fingerprint density at radius 3 is 2.13 bits per heavy atom. The van der Waals surface area contributed by atoms with Gasteiger partial charge in [-0.15, -0.1) is 0 Å². The molecule has 0 aliphatic carbocycles. The maximum absolute atomic E-state index is 16.5. The maximum atomic E-state index is 16.5. The number of aliphatic hydroxyl groups excluding tert-OH is 3. The summed E-state index contributed by atoms with van der Waals surface area (Å²) in [5, 5.41) is 46.8. The van der Waals surface area contributed by atoms with E-state index in [0.717, 1.165) is 6.07 Å². The molecule has 0 bridgehead atoms. The van der Waals surface area contributed by atoms with E-state index in [1.54, 1.807) is 43.3 Å². The highest BCUT2D eigenvalue weighted by Crippen LogP contribution is 2.51. The third kappa shape index (κ3) is 7.91. The largest absolute Gasteiger partial charge is 0.482 e. The Balaban J connectivity index is 0.000000677. The number of ether oxygens (including phenoxy) is 3. The lowest BCUT2D eigenvalue weighted by Crippen LogP contribution is -2.78. The Labute approximate surface area is 309 Å². The van der Waals surface area contributed by atoms with Gasteiger partial charge in [0.25, 0.3) is 5.91 Å². The Morgan fingerprint density at radius 2 is 1.62 bits per heavy atom. The number of aliphatic hydroxyl groups is 4. The number of halogens is 4. The molecule has 0 aromatic heterocycles. The van der Waals surface area contributed by atoms with Crippen molar-refractivity contribution in [2.24, 2.45) is 0 Å². The van der Waals surface area contributed by atoms with Crippen LogP contribution in [0.5, 0.6) is 5.75 Å². The van der Waals surface area contributed by atoms with Crippen molar-refractivity contribution in [1.29, 1.82) is 0 Å². The molecule has 3 aromatic carbocycles. The Bertz CT molecular complexity index is 1730. The fourth-order valence-corrected chi connectivity index (χ4v) is 6.70. The molecule has 1 fully saturated rings. The number of hydrogen-bond donors (Lipinski definition) is 6. The quantitative estimate of drug-likeness (QED) is 0.150. The molecule has 0 unspecified atom stereocenters. The molecule has 2 atom stereocenters. The fraction of sp³-hybridized carbons (Fsp3) is 0.444. The standard InChI is InChI=1S/C32H31Cl2F2NO7.C4H11NO3/c1-3-31(41,30(36)10-12-43-13-11-30)21-14-24-28(25(35)15-21)32(42-2,20-5-8-22(33)9-6-20)37(29(24)40)17-19-4-7-23(34)16-26(19)44-18-27(38)39;5-4(1-6,2-7)3-8/h4-9,14-16,41H,3,10-13,17-18H2,1-2H3,(H,38,39);6-8H,1-3,5H2/p+1/t31-,32-;/m1./s1. The van der Waals surface area contributed by atoms with Gasteiger partial charge in [0.15, 0.2) is 17.9 Å². The summed E-state index contributed by atoms with van der Waals surface area (Å²) in [5.74, 6) is -2.67. The van der Waals surface area contributed by atoms with E-state index >= 15 is 8.78 Å². The van der Waals surface area contributed by atoms with E-state index in [4.69, 9.17) is 52.7 Å². The second kappa shape index (κ2) is 16.7. The van der Waals surface area contributed by atoms with Crippen molar-refractivity contribution in [3.8, 4) is 5.75 Å². The maximum Gasteiger partial charge on any atom is 0.341 e. The van der Waals surface area contributed by atoms with Gasteiger partial charge in [-0.1, -0.05) is 48.3 Å². The van der Waals surface area contributed by atoms with Gasteiger partial charge in [0.1, 0.15) is 42.7 Å². The number of aliphatic carboxylic acids is 1. The van der Waals surface area contributed by atoms with Gasteiger partial charge in [0, 0.05) is 54.3 Å². The molecular weight excluding hydrogens is 729 g/mol. The molecule has 0 saturated carbocycles. The Kier molecular flexibility index (Phi) is 13.3. The van der Waals surface area contributed by atoms with Crippen molar-refractivity contribution >= 4 is 35.1 Å². The zero-order valence-corrected chi connectivity index (χ0v) is 30.2. The molecule has 0 spiro atoms. The van der Waals surface area contributed by atoms with Crippen molar-refractivity contribution in [3.05, 3.63) is 98.3 Å². The van der Waals surface area contributed by atoms with E-state index in [9.17, 15) is 19.8 Å². The number of carbonyl (C=O) groups excluding carboxylic acids is 1. The van der Waals surface area contributed by atoms with Gasteiger partial charge < -0.3 is 45.5 Å². The number of alkyl halides is 1. The second-order valence-electron chi connectivity index (χ2n) is 12.8. The van der Waals surface area contributed by atoms with Gasteiger partial charge in [-0.2, -0.15) is 0 Å². The summed E-state index contributed by atoms with van der Waals surface area (Å²) in [6.45, 7) is 0.0127. The number of amides is 1. The first-order valence-electron chi connectivity index (χ1n) is 16.4. The molecule has 0 radical (unpaired) electrons. The number of hydrogen-bond acceptors (Lipinski definition) is 9. The zero-order valence-electron chi connectivity index (χ0n) is 28.7. The van der Waals surface area contributed by atoms with Gasteiger partial charge in [-0.3, -0.25) is 9.69 Å². The first-order chi connectivity index (χ1) is 24.6. The third-order valence-corrected chi connectivity index (χ3v) is 10.0. The highest BCUT2D eigenvalue weighted by atomic mass is 35.5. The van der Waals surface area contributed by atoms with Gasteiger partial charge in [-0.05, 0) is 48.4 Å². The predicted molar refractivity (Wildman–Crippen MR) is 185 cm³/mol. The van der Waals surface area contributed by atoms with Crippen molar-refractivity contribution < 1.29 is 63.8 Å². The summed E-state index contributed by atoms with van der Waals surface area (Å²) in [7, 11) is 1.32. The van der Waals surface area contributed by atoms with Gasteiger partial charge in [0.2, 0.25) is 0 Å². The van der Waals surface area contributed by atoms with Crippen LogP contribution < -0.4 is 10.5 Å². The first-order valence-corrected chi connectivity index (χ1v) is 17.1. The van der Waals surface area contributed by atoms with Crippen LogP contribution in [0.25, 0.3) is 0 Å². The molecule has 2 aliphatic rings. The van der Waals surface area contributed by atoms with Gasteiger partial charge in [0.05, 0.1) is 17.7 Å².